The average molecular weight is 251 g/mol. The van der Waals surface area contributed by atoms with Gasteiger partial charge in [0.25, 0.3) is 0 Å². The number of aryl methyl sites for hydroxylation is 1. The molecular formula is C13H17NO2S. The Morgan fingerprint density at radius 3 is 3.00 bits per heavy atom. The number of fused-ring (bicyclic) bond motifs is 1. The largest absolute Gasteiger partial charge is 0.480 e. The summed E-state index contributed by atoms with van der Waals surface area (Å²) in [5.74, 6) is -0.327. The third-order valence-electron chi connectivity index (χ3n) is 3.79. The first-order chi connectivity index (χ1) is 8.25. The van der Waals surface area contributed by atoms with Crippen LogP contribution >= 0.6 is 11.3 Å². The van der Waals surface area contributed by atoms with E-state index in [4.69, 9.17) is 0 Å². The highest BCUT2D eigenvalue weighted by molar-refractivity contribution is 7.10. The van der Waals surface area contributed by atoms with Crippen molar-refractivity contribution in [1.29, 1.82) is 0 Å². The molecule has 1 fully saturated rings. The van der Waals surface area contributed by atoms with E-state index in [0.29, 0.717) is 5.92 Å². The van der Waals surface area contributed by atoms with Crippen molar-refractivity contribution in [2.75, 3.05) is 0 Å². The molecule has 1 saturated carbocycles. The second-order valence-corrected chi connectivity index (χ2v) is 6.06. The van der Waals surface area contributed by atoms with E-state index >= 15 is 0 Å². The number of carboxylic acid groups (broad SMARTS) is 1. The number of nitrogens with one attached hydrogen (secondary N) is 1. The van der Waals surface area contributed by atoms with Crippen molar-refractivity contribution in [1.82, 2.24) is 5.32 Å². The smallest absolute Gasteiger partial charge is 0.320 e. The van der Waals surface area contributed by atoms with E-state index in [1.165, 1.54) is 16.9 Å². The molecule has 0 aromatic carbocycles. The second-order valence-electron chi connectivity index (χ2n) is 5.06. The summed E-state index contributed by atoms with van der Waals surface area (Å²) in [5.41, 5.74) is 1.34. The van der Waals surface area contributed by atoms with Gasteiger partial charge in [0.05, 0.1) is 0 Å². The fourth-order valence-electron chi connectivity index (χ4n) is 2.71. The van der Waals surface area contributed by atoms with Crippen molar-refractivity contribution in [2.24, 2.45) is 5.92 Å². The molecule has 92 valence electrons. The predicted octanol–water partition coefficient (Wildman–Crippen LogP) is 2.58. The molecule has 1 aromatic rings. The highest BCUT2D eigenvalue weighted by Gasteiger charge is 2.38. The summed E-state index contributed by atoms with van der Waals surface area (Å²) in [6.45, 7) is 0. The molecule has 2 aliphatic rings. The van der Waals surface area contributed by atoms with Crippen molar-refractivity contribution in [3.8, 4) is 0 Å². The van der Waals surface area contributed by atoms with Gasteiger partial charge in [0, 0.05) is 10.9 Å². The van der Waals surface area contributed by atoms with Gasteiger partial charge in [-0.05, 0) is 55.0 Å². The Hall–Kier alpha value is -0.870. The summed E-state index contributed by atoms with van der Waals surface area (Å²) in [7, 11) is 0. The first-order valence-corrected chi connectivity index (χ1v) is 7.19. The zero-order valence-corrected chi connectivity index (χ0v) is 10.5. The molecule has 3 rings (SSSR count). The zero-order valence-electron chi connectivity index (χ0n) is 9.69. The number of aliphatic carboxylic acids is 1. The van der Waals surface area contributed by atoms with Crippen molar-refractivity contribution in [3.05, 3.63) is 21.9 Å². The summed E-state index contributed by atoms with van der Waals surface area (Å²) < 4.78 is 0. The van der Waals surface area contributed by atoms with Gasteiger partial charge in [-0.1, -0.05) is 0 Å². The second kappa shape index (κ2) is 4.42. The lowest BCUT2D eigenvalue weighted by molar-refractivity contribution is -0.140. The molecule has 0 spiro atoms. The van der Waals surface area contributed by atoms with Crippen LogP contribution in [0.3, 0.4) is 0 Å². The minimum Gasteiger partial charge on any atom is -0.480 e. The average Bonchev–Trinajstić information content (AvgIpc) is 3.02. The Kier molecular flexibility index (Phi) is 2.92. The lowest BCUT2D eigenvalue weighted by Gasteiger charge is -2.27. The lowest BCUT2D eigenvalue weighted by atomic mass is 9.93. The fraction of sp³-hybridized carbons (Fsp3) is 0.615. The first kappa shape index (κ1) is 11.2. The molecule has 0 radical (unpaired) electrons. The highest BCUT2D eigenvalue weighted by Crippen LogP contribution is 2.37. The summed E-state index contributed by atoms with van der Waals surface area (Å²) in [6, 6.07) is 2.07. The van der Waals surface area contributed by atoms with Gasteiger partial charge in [0.1, 0.15) is 6.04 Å². The van der Waals surface area contributed by atoms with Gasteiger partial charge in [-0.2, -0.15) is 0 Å². The van der Waals surface area contributed by atoms with Gasteiger partial charge in [0.2, 0.25) is 0 Å². The van der Waals surface area contributed by atoms with E-state index in [1.54, 1.807) is 11.3 Å². The number of thiophene rings is 1. The highest BCUT2D eigenvalue weighted by atomic mass is 32.1. The van der Waals surface area contributed by atoms with Gasteiger partial charge in [-0.3, -0.25) is 10.1 Å². The molecule has 4 heteroatoms. The Labute approximate surface area is 105 Å². The number of carboxylic acids is 1. The molecule has 2 aliphatic carbocycles. The van der Waals surface area contributed by atoms with Crippen LogP contribution in [-0.2, 0) is 11.2 Å². The zero-order chi connectivity index (χ0) is 11.8. The normalized spacial score (nSPS) is 25.3. The van der Waals surface area contributed by atoms with Crippen molar-refractivity contribution in [3.63, 3.8) is 0 Å². The van der Waals surface area contributed by atoms with Crippen LogP contribution in [0, 0.1) is 5.92 Å². The maximum absolute atomic E-state index is 11.2. The number of hydrogen-bond acceptors (Lipinski definition) is 3. The fourth-order valence-corrected chi connectivity index (χ4v) is 3.70. The van der Waals surface area contributed by atoms with E-state index in [-0.39, 0.29) is 12.1 Å². The van der Waals surface area contributed by atoms with Crippen LogP contribution in [0.15, 0.2) is 11.4 Å². The van der Waals surface area contributed by atoms with Crippen LogP contribution in [-0.4, -0.2) is 17.1 Å². The third-order valence-corrected chi connectivity index (χ3v) is 4.79. The maximum Gasteiger partial charge on any atom is 0.320 e. The number of carbonyl (C=O) groups is 1. The minimum absolute atomic E-state index is 0.256. The van der Waals surface area contributed by atoms with Crippen LogP contribution in [0.1, 0.15) is 42.2 Å². The van der Waals surface area contributed by atoms with Crippen LogP contribution in [0.25, 0.3) is 0 Å². The molecule has 17 heavy (non-hydrogen) atoms. The van der Waals surface area contributed by atoms with Crippen molar-refractivity contribution in [2.45, 2.75) is 44.2 Å². The first-order valence-electron chi connectivity index (χ1n) is 6.31. The minimum atomic E-state index is -0.685. The van der Waals surface area contributed by atoms with E-state index < -0.39 is 5.97 Å². The van der Waals surface area contributed by atoms with Crippen molar-refractivity contribution < 1.29 is 9.90 Å². The Bertz CT molecular complexity index is 425. The summed E-state index contributed by atoms with van der Waals surface area (Å²) >= 11 is 1.80. The molecule has 0 bridgehead atoms. The lowest BCUT2D eigenvalue weighted by Crippen LogP contribution is -2.41. The van der Waals surface area contributed by atoms with E-state index in [2.05, 4.69) is 16.8 Å². The number of rotatable bonds is 4. The standard InChI is InChI=1S/C13H17NO2S/c15-13(16)12(8-4-5-8)14-10-2-1-3-11-9(10)6-7-17-11/h6-8,10,12,14H,1-5H2,(H,15,16). The SMILES string of the molecule is O=C(O)C(NC1CCCc2sccc21)C1CC1. The van der Waals surface area contributed by atoms with Crippen molar-refractivity contribution >= 4 is 17.3 Å². The maximum atomic E-state index is 11.2. The van der Waals surface area contributed by atoms with Gasteiger partial charge < -0.3 is 5.11 Å². The van der Waals surface area contributed by atoms with E-state index in [1.807, 2.05) is 0 Å². The molecule has 3 nitrogen and oxygen atoms in total. The molecule has 0 amide bonds. The summed E-state index contributed by atoms with van der Waals surface area (Å²) in [4.78, 5) is 12.7. The molecule has 2 atom stereocenters. The van der Waals surface area contributed by atoms with Crippen LogP contribution in [0.4, 0.5) is 0 Å². The molecular weight excluding hydrogens is 234 g/mol. The molecule has 1 heterocycles. The topological polar surface area (TPSA) is 49.3 Å². The Balaban J connectivity index is 1.75. The van der Waals surface area contributed by atoms with Gasteiger partial charge >= 0.3 is 5.97 Å². The van der Waals surface area contributed by atoms with Crippen LogP contribution in [0.2, 0.25) is 0 Å². The Morgan fingerprint density at radius 2 is 2.29 bits per heavy atom. The molecule has 0 aliphatic heterocycles. The monoisotopic (exact) mass is 251 g/mol. The summed E-state index contributed by atoms with van der Waals surface area (Å²) in [6.07, 6.45) is 5.52. The predicted molar refractivity (Wildman–Crippen MR) is 67.3 cm³/mol. The third kappa shape index (κ3) is 2.24. The van der Waals surface area contributed by atoms with Gasteiger partial charge in [-0.25, -0.2) is 0 Å². The van der Waals surface area contributed by atoms with E-state index in [9.17, 15) is 9.90 Å². The molecule has 2 unspecified atom stereocenters. The quantitative estimate of drug-likeness (QED) is 0.864. The number of hydrogen-bond donors (Lipinski definition) is 2. The molecule has 1 aromatic heterocycles. The molecule has 2 N–H and O–H groups in total. The van der Waals surface area contributed by atoms with Gasteiger partial charge in [-0.15, -0.1) is 11.3 Å². The Morgan fingerprint density at radius 1 is 1.47 bits per heavy atom. The summed E-state index contributed by atoms with van der Waals surface area (Å²) in [5, 5.41) is 14.7. The molecule has 0 saturated heterocycles. The van der Waals surface area contributed by atoms with Gasteiger partial charge in [0.15, 0.2) is 0 Å². The van der Waals surface area contributed by atoms with Crippen LogP contribution in [0.5, 0.6) is 0 Å². The van der Waals surface area contributed by atoms with E-state index in [0.717, 1.165) is 25.7 Å². The van der Waals surface area contributed by atoms with Crippen LogP contribution < -0.4 is 5.32 Å².